The number of aromatic nitrogens is 2. The highest BCUT2D eigenvalue weighted by molar-refractivity contribution is 6.17. The molecule has 0 amide bonds. The standard InChI is InChI=1S/C14H17ClN2O/c1-11(2)17-8-7-13(16-17)10-18-14-5-3-12(9-15)4-6-14/h3-8,11H,9-10H2,1-2H3. The fraction of sp³-hybridized carbons (Fsp3) is 0.357. The molecule has 0 spiro atoms. The van der Waals surface area contributed by atoms with Crippen LogP contribution >= 0.6 is 11.6 Å². The molecule has 0 bridgehead atoms. The Labute approximate surface area is 112 Å². The molecule has 0 N–H and O–H groups in total. The van der Waals surface area contributed by atoms with E-state index in [2.05, 4.69) is 18.9 Å². The molecule has 0 aliphatic heterocycles. The van der Waals surface area contributed by atoms with Gasteiger partial charge in [0.05, 0.1) is 5.69 Å². The first-order valence-corrected chi connectivity index (χ1v) is 6.54. The van der Waals surface area contributed by atoms with Crippen LogP contribution in [-0.2, 0) is 12.5 Å². The molecule has 0 radical (unpaired) electrons. The van der Waals surface area contributed by atoms with Crippen LogP contribution in [0.15, 0.2) is 36.5 Å². The van der Waals surface area contributed by atoms with Gasteiger partial charge in [-0.2, -0.15) is 5.10 Å². The summed E-state index contributed by atoms with van der Waals surface area (Å²) in [6.45, 7) is 4.69. The summed E-state index contributed by atoms with van der Waals surface area (Å²) in [5, 5.41) is 4.43. The minimum Gasteiger partial charge on any atom is -0.487 e. The Hall–Kier alpha value is -1.48. The van der Waals surface area contributed by atoms with Crippen molar-refractivity contribution in [2.45, 2.75) is 32.4 Å². The van der Waals surface area contributed by atoms with Crippen LogP contribution in [0.3, 0.4) is 0 Å². The molecule has 1 aromatic carbocycles. The number of alkyl halides is 1. The number of nitrogens with zero attached hydrogens (tertiary/aromatic N) is 2. The lowest BCUT2D eigenvalue weighted by Crippen LogP contribution is -2.03. The predicted octanol–water partition coefficient (Wildman–Crippen LogP) is 3.78. The van der Waals surface area contributed by atoms with Crippen molar-refractivity contribution in [3.05, 3.63) is 47.8 Å². The van der Waals surface area contributed by atoms with Gasteiger partial charge < -0.3 is 4.74 Å². The van der Waals surface area contributed by atoms with E-state index in [0.29, 0.717) is 18.5 Å². The second-order valence-electron chi connectivity index (χ2n) is 4.45. The van der Waals surface area contributed by atoms with Crippen molar-refractivity contribution in [3.8, 4) is 5.75 Å². The Morgan fingerprint density at radius 3 is 2.50 bits per heavy atom. The van der Waals surface area contributed by atoms with Gasteiger partial charge in [0.25, 0.3) is 0 Å². The molecular weight excluding hydrogens is 248 g/mol. The highest BCUT2D eigenvalue weighted by Crippen LogP contribution is 2.15. The van der Waals surface area contributed by atoms with E-state index in [0.717, 1.165) is 17.0 Å². The molecule has 0 saturated carbocycles. The van der Waals surface area contributed by atoms with Crippen molar-refractivity contribution in [1.29, 1.82) is 0 Å². The Kier molecular flexibility index (Phi) is 4.26. The molecule has 0 fully saturated rings. The molecular formula is C14H17ClN2O. The average molecular weight is 265 g/mol. The van der Waals surface area contributed by atoms with Gasteiger partial charge in [-0.05, 0) is 37.6 Å². The molecule has 18 heavy (non-hydrogen) atoms. The highest BCUT2D eigenvalue weighted by atomic mass is 35.5. The van der Waals surface area contributed by atoms with Crippen LogP contribution in [0, 0.1) is 0 Å². The number of rotatable bonds is 5. The molecule has 2 rings (SSSR count). The molecule has 0 unspecified atom stereocenters. The molecule has 1 heterocycles. The second-order valence-corrected chi connectivity index (χ2v) is 4.71. The number of hydrogen-bond donors (Lipinski definition) is 0. The quantitative estimate of drug-likeness (QED) is 0.769. The van der Waals surface area contributed by atoms with E-state index >= 15 is 0 Å². The summed E-state index contributed by atoms with van der Waals surface area (Å²) in [6, 6.07) is 10.1. The van der Waals surface area contributed by atoms with Gasteiger partial charge in [-0.15, -0.1) is 11.6 Å². The number of hydrogen-bond acceptors (Lipinski definition) is 2. The van der Waals surface area contributed by atoms with Gasteiger partial charge in [0.1, 0.15) is 12.4 Å². The van der Waals surface area contributed by atoms with Gasteiger partial charge in [0.15, 0.2) is 0 Å². The maximum Gasteiger partial charge on any atom is 0.132 e. The summed E-state index contributed by atoms with van der Waals surface area (Å²) in [6.07, 6.45) is 1.97. The normalized spacial score (nSPS) is 10.9. The lowest BCUT2D eigenvalue weighted by atomic mass is 10.2. The topological polar surface area (TPSA) is 27.1 Å². The third-order valence-corrected chi connectivity index (χ3v) is 2.97. The fourth-order valence-electron chi connectivity index (χ4n) is 1.57. The van der Waals surface area contributed by atoms with Gasteiger partial charge in [0.2, 0.25) is 0 Å². The van der Waals surface area contributed by atoms with Crippen molar-refractivity contribution < 1.29 is 4.74 Å². The third-order valence-electron chi connectivity index (χ3n) is 2.66. The highest BCUT2D eigenvalue weighted by Gasteiger charge is 2.03. The Morgan fingerprint density at radius 2 is 1.94 bits per heavy atom. The monoisotopic (exact) mass is 264 g/mol. The molecule has 0 aliphatic carbocycles. The molecule has 2 aromatic rings. The maximum atomic E-state index is 5.73. The number of halogens is 1. The summed E-state index contributed by atoms with van der Waals surface area (Å²) in [7, 11) is 0. The summed E-state index contributed by atoms with van der Waals surface area (Å²) >= 11 is 5.73. The van der Waals surface area contributed by atoms with Crippen LogP contribution in [0.5, 0.6) is 5.75 Å². The number of benzene rings is 1. The number of ether oxygens (including phenoxy) is 1. The van der Waals surface area contributed by atoms with Crippen molar-refractivity contribution in [2.24, 2.45) is 0 Å². The Balaban J connectivity index is 1.93. The maximum absolute atomic E-state index is 5.73. The predicted molar refractivity (Wildman–Crippen MR) is 72.9 cm³/mol. The average Bonchev–Trinajstić information content (AvgIpc) is 2.86. The first kappa shape index (κ1) is 13.0. The SMILES string of the molecule is CC(C)n1ccc(COc2ccc(CCl)cc2)n1. The van der Waals surface area contributed by atoms with E-state index in [1.54, 1.807) is 0 Å². The molecule has 0 saturated heterocycles. The largest absolute Gasteiger partial charge is 0.487 e. The van der Waals surface area contributed by atoms with E-state index in [4.69, 9.17) is 16.3 Å². The molecule has 4 heteroatoms. The molecule has 0 atom stereocenters. The van der Waals surface area contributed by atoms with Gasteiger partial charge >= 0.3 is 0 Å². The molecule has 0 aliphatic rings. The van der Waals surface area contributed by atoms with Crippen LogP contribution in [-0.4, -0.2) is 9.78 Å². The van der Waals surface area contributed by atoms with Gasteiger partial charge in [-0.3, -0.25) is 4.68 Å². The van der Waals surface area contributed by atoms with Crippen LogP contribution in [0.25, 0.3) is 0 Å². The zero-order chi connectivity index (χ0) is 13.0. The van der Waals surface area contributed by atoms with Crippen molar-refractivity contribution >= 4 is 11.6 Å². The first-order chi connectivity index (χ1) is 8.69. The van der Waals surface area contributed by atoms with Crippen molar-refractivity contribution in [1.82, 2.24) is 9.78 Å². The summed E-state index contributed by atoms with van der Waals surface area (Å²) in [5.74, 6) is 1.36. The van der Waals surface area contributed by atoms with Gasteiger partial charge in [-0.1, -0.05) is 12.1 Å². The first-order valence-electron chi connectivity index (χ1n) is 6.01. The molecule has 3 nitrogen and oxygen atoms in total. The lowest BCUT2D eigenvalue weighted by molar-refractivity contribution is 0.298. The zero-order valence-electron chi connectivity index (χ0n) is 10.6. The Morgan fingerprint density at radius 1 is 1.22 bits per heavy atom. The van der Waals surface area contributed by atoms with E-state index in [-0.39, 0.29) is 0 Å². The second kappa shape index (κ2) is 5.91. The van der Waals surface area contributed by atoms with E-state index in [1.165, 1.54) is 0 Å². The van der Waals surface area contributed by atoms with Crippen LogP contribution < -0.4 is 4.74 Å². The van der Waals surface area contributed by atoms with Crippen molar-refractivity contribution in [2.75, 3.05) is 0 Å². The van der Waals surface area contributed by atoms with Gasteiger partial charge in [-0.25, -0.2) is 0 Å². The molecule has 96 valence electrons. The minimum absolute atomic E-state index is 0.377. The Bertz CT molecular complexity index is 491. The molecule has 1 aromatic heterocycles. The minimum atomic E-state index is 0.377. The smallest absolute Gasteiger partial charge is 0.132 e. The van der Waals surface area contributed by atoms with Crippen LogP contribution in [0.2, 0.25) is 0 Å². The van der Waals surface area contributed by atoms with E-state index in [9.17, 15) is 0 Å². The van der Waals surface area contributed by atoms with Crippen LogP contribution in [0.1, 0.15) is 31.1 Å². The van der Waals surface area contributed by atoms with Crippen LogP contribution in [0.4, 0.5) is 0 Å². The van der Waals surface area contributed by atoms with Crippen molar-refractivity contribution in [3.63, 3.8) is 0 Å². The third kappa shape index (κ3) is 3.26. The fourth-order valence-corrected chi connectivity index (χ4v) is 1.75. The zero-order valence-corrected chi connectivity index (χ0v) is 11.4. The summed E-state index contributed by atoms with van der Waals surface area (Å²) in [4.78, 5) is 0. The van der Waals surface area contributed by atoms with E-state index < -0.39 is 0 Å². The summed E-state index contributed by atoms with van der Waals surface area (Å²) < 4.78 is 7.59. The van der Waals surface area contributed by atoms with Gasteiger partial charge in [0, 0.05) is 18.1 Å². The van der Waals surface area contributed by atoms with E-state index in [1.807, 2.05) is 41.2 Å². The lowest BCUT2D eigenvalue weighted by Gasteiger charge is -2.06. The summed E-state index contributed by atoms with van der Waals surface area (Å²) in [5.41, 5.74) is 2.03.